The second-order valence-electron chi connectivity index (χ2n) is 4.86. The number of benzene rings is 2. The molecule has 2 nitrogen and oxygen atoms in total. The van der Waals surface area contributed by atoms with Crippen molar-refractivity contribution >= 4 is 5.78 Å². The molecular weight excluding hydrogens is 241 g/mol. The van der Waals surface area contributed by atoms with E-state index < -0.39 is 0 Å². The summed E-state index contributed by atoms with van der Waals surface area (Å²) >= 11 is 0. The maximum Gasteiger partial charge on any atom is 0.177 e. The summed E-state index contributed by atoms with van der Waals surface area (Å²) in [5.41, 5.74) is 2.60. The predicted molar refractivity (Wildman–Crippen MR) is 71.3 cm³/mol. The Labute approximate surface area is 111 Å². The van der Waals surface area contributed by atoms with Gasteiger partial charge in [-0.15, -0.1) is 0 Å². The van der Waals surface area contributed by atoms with Crippen LogP contribution in [0.3, 0.4) is 0 Å². The van der Waals surface area contributed by atoms with Gasteiger partial charge in [0.1, 0.15) is 5.82 Å². The molecular formula is C16H14FNO. The van der Waals surface area contributed by atoms with Gasteiger partial charge in [-0.25, -0.2) is 4.39 Å². The Balaban J connectivity index is 1.83. The van der Waals surface area contributed by atoms with Crippen LogP contribution in [0.15, 0.2) is 48.5 Å². The van der Waals surface area contributed by atoms with E-state index in [1.54, 1.807) is 6.07 Å². The third-order valence-corrected chi connectivity index (χ3v) is 3.38. The van der Waals surface area contributed by atoms with Crippen LogP contribution in [0.5, 0.6) is 0 Å². The second kappa shape index (κ2) is 4.94. The molecule has 0 atom stereocenters. The van der Waals surface area contributed by atoms with E-state index >= 15 is 0 Å². The SMILES string of the molecule is O=C1CN(Cc2ccccc2)Cc2cc(F)ccc21. The highest BCUT2D eigenvalue weighted by molar-refractivity contribution is 5.99. The topological polar surface area (TPSA) is 20.3 Å². The highest BCUT2D eigenvalue weighted by Gasteiger charge is 2.23. The molecule has 96 valence electrons. The lowest BCUT2D eigenvalue weighted by Gasteiger charge is -2.27. The molecule has 1 aliphatic rings. The Morgan fingerprint density at radius 2 is 1.84 bits per heavy atom. The molecule has 1 aliphatic heterocycles. The van der Waals surface area contributed by atoms with E-state index in [1.807, 2.05) is 35.2 Å². The summed E-state index contributed by atoms with van der Waals surface area (Å²) in [6.45, 7) is 1.73. The van der Waals surface area contributed by atoms with Gasteiger partial charge in [0.2, 0.25) is 0 Å². The minimum Gasteiger partial charge on any atom is -0.293 e. The summed E-state index contributed by atoms with van der Waals surface area (Å²) in [4.78, 5) is 14.1. The fraction of sp³-hybridized carbons (Fsp3) is 0.188. The quantitative estimate of drug-likeness (QED) is 0.822. The molecule has 0 bridgehead atoms. The van der Waals surface area contributed by atoms with Gasteiger partial charge in [0.05, 0.1) is 6.54 Å². The fourth-order valence-corrected chi connectivity index (χ4v) is 2.50. The summed E-state index contributed by atoms with van der Waals surface area (Å²) < 4.78 is 13.2. The molecule has 0 radical (unpaired) electrons. The zero-order chi connectivity index (χ0) is 13.2. The number of rotatable bonds is 2. The zero-order valence-electron chi connectivity index (χ0n) is 10.5. The molecule has 0 unspecified atom stereocenters. The maximum atomic E-state index is 13.2. The highest BCUT2D eigenvalue weighted by Crippen LogP contribution is 2.21. The first-order valence-corrected chi connectivity index (χ1v) is 6.30. The minimum absolute atomic E-state index is 0.0668. The first-order valence-electron chi connectivity index (χ1n) is 6.30. The highest BCUT2D eigenvalue weighted by atomic mass is 19.1. The van der Waals surface area contributed by atoms with E-state index in [-0.39, 0.29) is 11.6 Å². The van der Waals surface area contributed by atoms with E-state index in [1.165, 1.54) is 12.1 Å². The van der Waals surface area contributed by atoms with Crippen molar-refractivity contribution in [3.8, 4) is 0 Å². The Bertz CT molecular complexity index is 609. The molecule has 1 heterocycles. The lowest BCUT2D eigenvalue weighted by Crippen LogP contribution is -2.34. The summed E-state index contributed by atoms with van der Waals surface area (Å²) in [7, 11) is 0. The number of nitrogens with zero attached hydrogens (tertiary/aromatic N) is 1. The van der Waals surface area contributed by atoms with Crippen molar-refractivity contribution in [3.05, 3.63) is 71.0 Å². The third-order valence-electron chi connectivity index (χ3n) is 3.38. The molecule has 2 aromatic carbocycles. The third kappa shape index (κ3) is 2.56. The maximum absolute atomic E-state index is 13.2. The van der Waals surface area contributed by atoms with Gasteiger partial charge in [-0.3, -0.25) is 9.69 Å². The Morgan fingerprint density at radius 1 is 1.05 bits per heavy atom. The number of halogens is 1. The van der Waals surface area contributed by atoms with Crippen LogP contribution < -0.4 is 0 Å². The first kappa shape index (κ1) is 12.1. The van der Waals surface area contributed by atoms with Crippen molar-refractivity contribution in [1.82, 2.24) is 4.90 Å². The van der Waals surface area contributed by atoms with Crippen molar-refractivity contribution < 1.29 is 9.18 Å². The van der Waals surface area contributed by atoms with Crippen LogP contribution in [0.2, 0.25) is 0 Å². The summed E-state index contributed by atoms with van der Waals surface area (Å²) in [5.74, 6) is -0.217. The van der Waals surface area contributed by atoms with Crippen LogP contribution in [0.25, 0.3) is 0 Å². The number of Topliss-reactive ketones (excluding diaryl/α,β-unsaturated/α-hetero) is 1. The first-order chi connectivity index (χ1) is 9.22. The molecule has 0 N–H and O–H groups in total. The standard InChI is InChI=1S/C16H14FNO/c17-14-6-7-15-13(8-14)10-18(11-16(15)19)9-12-4-2-1-3-5-12/h1-8H,9-11H2. The van der Waals surface area contributed by atoms with Crippen LogP contribution in [0, 0.1) is 5.82 Å². The van der Waals surface area contributed by atoms with Gasteiger partial charge in [-0.2, -0.15) is 0 Å². The Hall–Kier alpha value is -2.00. The molecule has 19 heavy (non-hydrogen) atoms. The van der Waals surface area contributed by atoms with Gasteiger partial charge < -0.3 is 0 Å². The minimum atomic E-state index is -0.284. The van der Waals surface area contributed by atoms with Gasteiger partial charge >= 0.3 is 0 Å². The van der Waals surface area contributed by atoms with Crippen LogP contribution in [-0.2, 0) is 13.1 Å². The largest absolute Gasteiger partial charge is 0.293 e. The van der Waals surface area contributed by atoms with Gasteiger partial charge in [-0.05, 0) is 29.3 Å². The molecule has 0 aromatic heterocycles. The van der Waals surface area contributed by atoms with Crippen molar-refractivity contribution in [3.63, 3.8) is 0 Å². The van der Waals surface area contributed by atoms with Crippen LogP contribution >= 0.6 is 0 Å². The smallest absolute Gasteiger partial charge is 0.177 e. The normalized spacial score (nSPS) is 15.3. The Morgan fingerprint density at radius 3 is 2.63 bits per heavy atom. The van der Waals surface area contributed by atoms with E-state index in [0.717, 1.165) is 11.1 Å². The molecule has 3 rings (SSSR count). The van der Waals surface area contributed by atoms with E-state index in [4.69, 9.17) is 0 Å². The van der Waals surface area contributed by atoms with E-state index in [9.17, 15) is 9.18 Å². The average Bonchev–Trinajstić information content (AvgIpc) is 2.39. The summed E-state index contributed by atoms with van der Waals surface area (Å²) in [6.07, 6.45) is 0. The molecule has 0 saturated heterocycles. The molecule has 0 fully saturated rings. The number of carbonyl (C=O) groups is 1. The zero-order valence-corrected chi connectivity index (χ0v) is 10.5. The number of ketones is 1. The molecule has 3 heteroatoms. The number of hydrogen-bond acceptors (Lipinski definition) is 2. The van der Waals surface area contributed by atoms with Crippen LogP contribution in [0.4, 0.5) is 4.39 Å². The number of hydrogen-bond donors (Lipinski definition) is 0. The fourth-order valence-electron chi connectivity index (χ4n) is 2.50. The van der Waals surface area contributed by atoms with Gasteiger partial charge in [0, 0.05) is 18.7 Å². The summed E-state index contributed by atoms with van der Waals surface area (Å²) in [5, 5.41) is 0. The second-order valence-corrected chi connectivity index (χ2v) is 4.86. The Kier molecular flexibility index (Phi) is 3.13. The average molecular weight is 255 g/mol. The molecule has 2 aromatic rings. The van der Waals surface area contributed by atoms with Gasteiger partial charge in [0.25, 0.3) is 0 Å². The van der Waals surface area contributed by atoms with Crippen molar-refractivity contribution in [1.29, 1.82) is 0 Å². The van der Waals surface area contributed by atoms with Crippen molar-refractivity contribution in [2.24, 2.45) is 0 Å². The monoisotopic (exact) mass is 255 g/mol. The van der Waals surface area contributed by atoms with Gasteiger partial charge in [-0.1, -0.05) is 30.3 Å². The van der Waals surface area contributed by atoms with Crippen LogP contribution in [0.1, 0.15) is 21.5 Å². The lowest BCUT2D eigenvalue weighted by molar-refractivity contribution is 0.0894. The van der Waals surface area contributed by atoms with Gasteiger partial charge in [0.15, 0.2) is 5.78 Å². The van der Waals surface area contributed by atoms with E-state index in [0.29, 0.717) is 25.2 Å². The molecule has 0 spiro atoms. The summed E-state index contributed by atoms with van der Waals surface area (Å²) in [6, 6.07) is 14.4. The van der Waals surface area contributed by atoms with E-state index in [2.05, 4.69) is 0 Å². The van der Waals surface area contributed by atoms with Crippen LogP contribution in [-0.4, -0.2) is 17.2 Å². The molecule has 0 amide bonds. The predicted octanol–water partition coefficient (Wildman–Crippen LogP) is 3.02. The lowest BCUT2D eigenvalue weighted by atomic mass is 9.98. The number of carbonyl (C=O) groups excluding carboxylic acids is 1. The van der Waals surface area contributed by atoms with Crippen molar-refractivity contribution in [2.75, 3.05) is 6.54 Å². The number of fused-ring (bicyclic) bond motifs is 1. The molecule has 0 saturated carbocycles. The van der Waals surface area contributed by atoms with Crippen molar-refractivity contribution in [2.45, 2.75) is 13.1 Å². The molecule has 0 aliphatic carbocycles.